The molecule has 0 saturated carbocycles. The molecule has 0 atom stereocenters. The van der Waals surface area contributed by atoms with Gasteiger partial charge in [-0.1, -0.05) is 45.0 Å². The van der Waals surface area contributed by atoms with E-state index in [9.17, 15) is 18.0 Å². The van der Waals surface area contributed by atoms with E-state index < -0.39 is 28.5 Å². The van der Waals surface area contributed by atoms with Crippen LogP contribution < -0.4 is 19.5 Å². The van der Waals surface area contributed by atoms with E-state index in [4.69, 9.17) is 14.2 Å². The quantitative estimate of drug-likeness (QED) is 0.420. The third-order valence-corrected chi connectivity index (χ3v) is 7.40. The van der Waals surface area contributed by atoms with Gasteiger partial charge in [-0.15, -0.1) is 0 Å². The first-order chi connectivity index (χ1) is 17.9. The Morgan fingerprint density at radius 1 is 0.947 bits per heavy atom. The lowest BCUT2D eigenvalue weighted by atomic mass is 9.87. The Labute approximate surface area is 222 Å². The van der Waals surface area contributed by atoms with Gasteiger partial charge in [0.1, 0.15) is 13.2 Å². The highest BCUT2D eigenvalue weighted by molar-refractivity contribution is 7.92. The van der Waals surface area contributed by atoms with E-state index >= 15 is 0 Å². The number of fused-ring (bicyclic) bond motifs is 1. The summed E-state index contributed by atoms with van der Waals surface area (Å²) < 4.78 is 45.2. The minimum atomic E-state index is -4.02. The number of carbonyl (C=O) groups excluding carboxylic acids is 2. The number of hydrogen-bond acceptors (Lipinski definition) is 7. The summed E-state index contributed by atoms with van der Waals surface area (Å²) in [6, 6.07) is 16.3. The van der Waals surface area contributed by atoms with Gasteiger partial charge >= 0.3 is 5.97 Å². The Balaban J connectivity index is 1.45. The molecule has 0 bridgehead atoms. The molecule has 4 rings (SSSR count). The number of nitrogens with one attached hydrogen (secondary N) is 2. The van der Waals surface area contributed by atoms with Crippen LogP contribution >= 0.6 is 0 Å². The average molecular weight is 539 g/mol. The molecule has 0 fully saturated rings. The molecule has 0 saturated heterocycles. The fourth-order valence-corrected chi connectivity index (χ4v) is 5.18. The fraction of sp³-hybridized carbons (Fsp3) is 0.286. The summed E-state index contributed by atoms with van der Waals surface area (Å²) in [5.41, 5.74) is 1.66. The smallest absolute Gasteiger partial charge is 0.340 e. The van der Waals surface area contributed by atoms with Crippen LogP contribution in [0.1, 0.15) is 42.3 Å². The Kier molecular flexibility index (Phi) is 7.63. The summed E-state index contributed by atoms with van der Waals surface area (Å²) in [4.78, 5) is 25.3. The average Bonchev–Trinajstić information content (AvgIpc) is 2.86. The lowest BCUT2D eigenvalue weighted by molar-refractivity contribution is -0.119. The molecule has 0 spiro atoms. The van der Waals surface area contributed by atoms with Crippen LogP contribution in [-0.2, 0) is 25.0 Å². The van der Waals surface area contributed by atoms with Crippen LogP contribution in [0.15, 0.2) is 65.6 Å². The molecule has 9 nitrogen and oxygen atoms in total. The van der Waals surface area contributed by atoms with Crippen molar-refractivity contribution >= 4 is 33.3 Å². The van der Waals surface area contributed by atoms with E-state index in [1.807, 2.05) is 26.8 Å². The molecular weight excluding hydrogens is 508 g/mol. The van der Waals surface area contributed by atoms with Gasteiger partial charge in [0, 0.05) is 11.8 Å². The highest BCUT2D eigenvalue weighted by Crippen LogP contribution is 2.32. The minimum absolute atomic E-state index is 0.0205. The van der Waals surface area contributed by atoms with Gasteiger partial charge in [0.25, 0.3) is 15.9 Å². The van der Waals surface area contributed by atoms with Gasteiger partial charge in [-0.2, -0.15) is 0 Å². The second kappa shape index (κ2) is 10.7. The SMILES string of the molecule is Cc1ccc(C(C)(C)C)cc1S(=O)(=O)Nc1ccccc1C(=O)OCC(=O)Nc1ccc2c(c1)OCCO2. The number of aryl methyl sites for hydroxylation is 1. The van der Waals surface area contributed by atoms with E-state index in [-0.39, 0.29) is 21.6 Å². The van der Waals surface area contributed by atoms with Crippen molar-refractivity contribution in [2.75, 3.05) is 29.9 Å². The molecule has 0 aromatic heterocycles. The number of esters is 1. The molecular formula is C28H30N2O7S. The second-order valence-corrected chi connectivity index (χ2v) is 11.5. The van der Waals surface area contributed by atoms with Crippen molar-refractivity contribution in [1.29, 1.82) is 0 Å². The van der Waals surface area contributed by atoms with Crippen molar-refractivity contribution in [1.82, 2.24) is 0 Å². The Morgan fingerprint density at radius 3 is 2.39 bits per heavy atom. The lowest BCUT2D eigenvalue weighted by Gasteiger charge is -2.21. The summed E-state index contributed by atoms with van der Waals surface area (Å²) in [5, 5.41) is 2.63. The molecule has 200 valence electrons. The third-order valence-electron chi connectivity index (χ3n) is 5.90. The lowest BCUT2D eigenvalue weighted by Crippen LogP contribution is -2.22. The van der Waals surface area contributed by atoms with Crippen LogP contribution in [0.3, 0.4) is 0 Å². The summed E-state index contributed by atoms with van der Waals surface area (Å²) in [7, 11) is -4.02. The normalized spacial score (nSPS) is 12.9. The van der Waals surface area contributed by atoms with Gasteiger partial charge in [-0.05, 0) is 53.8 Å². The third kappa shape index (κ3) is 6.25. The van der Waals surface area contributed by atoms with Crippen molar-refractivity contribution in [2.24, 2.45) is 0 Å². The Hall–Kier alpha value is -4.05. The monoisotopic (exact) mass is 538 g/mol. The van der Waals surface area contributed by atoms with Crippen LogP contribution in [-0.4, -0.2) is 40.1 Å². The predicted molar refractivity (Wildman–Crippen MR) is 143 cm³/mol. The molecule has 3 aromatic rings. The largest absolute Gasteiger partial charge is 0.486 e. The predicted octanol–water partition coefficient (Wildman–Crippen LogP) is 4.66. The number of benzene rings is 3. The van der Waals surface area contributed by atoms with Crippen LogP contribution in [0.25, 0.3) is 0 Å². The van der Waals surface area contributed by atoms with Gasteiger partial charge in [0.15, 0.2) is 18.1 Å². The van der Waals surface area contributed by atoms with E-state index in [1.165, 1.54) is 12.1 Å². The molecule has 1 aliphatic rings. The molecule has 38 heavy (non-hydrogen) atoms. The van der Waals surface area contributed by atoms with Crippen molar-refractivity contribution in [2.45, 2.75) is 38.0 Å². The number of sulfonamides is 1. The fourth-order valence-electron chi connectivity index (χ4n) is 3.83. The van der Waals surface area contributed by atoms with Gasteiger partial charge in [0.2, 0.25) is 0 Å². The second-order valence-electron chi connectivity index (χ2n) is 9.86. The maximum absolute atomic E-state index is 13.3. The number of rotatable bonds is 7. The molecule has 1 aliphatic heterocycles. The number of anilines is 2. The van der Waals surface area contributed by atoms with Crippen molar-refractivity contribution < 1.29 is 32.2 Å². The topological polar surface area (TPSA) is 120 Å². The standard InChI is InChI=1S/C28H30N2O7S/c1-18-9-10-19(28(2,3)4)15-25(18)38(33,34)30-22-8-6-5-7-21(22)27(32)37-17-26(31)29-20-11-12-23-24(16-20)36-14-13-35-23/h5-12,15-16,30H,13-14,17H2,1-4H3,(H,29,31). The van der Waals surface area contributed by atoms with Gasteiger partial charge in [-0.3, -0.25) is 9.52 Å². The molecule has 1 amide bonds. The number of para-hydroxylation sites is 1. The van der Waals surface area contributed by atoms with E-state index in [1.54, 1.807) is 49.4 Å². The zero-order valence-corrected chi connectivity index (χ0v) is 22.5. The molecule has 0 radical (unpaired) electrons. The van der Waals surface area contributed by atoms with E-state index in [0.717, 1.165) is 5.56 Å². The number of carbonyl (C=O) groups is 2. The summed E-state index contributed by atoms with van der Waals surface area (Å²) in [6.07, 6.45) is 0. The van der Waals surface area contributed by atoms with Crippen molar-refractivity contribution in [3.8, 4) is 11.5 Å². The van der Waals surface area contributed by atoms with E-state index in [2.05, 4.69) is 10.0 Å². The molecule has 2 N–H and O–H groups in total. The zero-order valence-electron chi connectivity index (χ0n) is 21.7. The molecule has 3 aromatic carbocycles. The molecule has 0 aliphatic carbocycles. The maximum Gasteiger partial charge on any atom is 0.340 e. The first-order valence-corrected chi connectivity index (χ1v) is 13.5. The van der Waals surface area contributed by atoms with Crippen LogP contribution in [0.4, 0.5) is 11.4 Å². The summed E-state index contributed by atoms with van der Waals surface area (Å²) >= 11 is 0. The zero-order chi connectivity index (χ0) is 27.5. The van der Waals surface area contributed by atoms with Crippen LogP contribution in [0, 0.1) is 6.92 Å². The minimum Gasteiger partial charge on any atom is -0.486 e. The van der Waals surface area contributed by atoms with Gasteiger partial charge < -0.3 is 19.5 Å². The first-order valence-electron chi connectivity index (χ1n) is 12.0. The van der Waals surface area contributed by atoms with Gasteiger partial charge in [0.05, 0.1) is 16.1 Å². The summed E-state index contributed by atoms with van der Waals surface area (Å²) in [5.74, 6) is -0.320. The van der Waals surface area contributed by atoms with Crippen molar-refractivity contribution in [3.63, 3.8) is 0 Å². The first kappa shape index (κ1) is 27.0. The Morgan fingerprint density at radius 2 is 1.66 bits per heavy atom. The molecule has 1 heterocycles. The van der Waals surface area contributed by atoms with Crippen molar-refractivity contribution in [3.05, 3.63) is 77.4 Å². The van der Waals surface area contributed by atoms with Crippen LogP contribution in [0.2, 0.25) is 0 Å². The van der Waals surface area contributed by atoms with Crippen LogP contribution in [0.5, 0.6) is 11.5 Å². The highest BCUT2D eigenvalue weighted by Gasteiger charge is 2.24. The number of amides is 1. The molecule has 10 heteroatoms. The number of hydrogen-bond donors (Lipinski definition) is 2. The number of ether oxygens (including phenoxy) is 3. The maximum atomic E-state index is 13.3. The molecule has 0 unspecified atom stereocenters. The Bertz CT molecular complexity index is 1480. The highest BCUT2D eigenvalue weighted by atomic mass is 32.2. The van der Waals surface area contributed by atoms with E-state index in [0.29, 0.717) is 36.0 Å². The van der Waals surface area contributed by atoms with Gasteiger partial charge in [-0.25, -0.2) is 13.2 Å². The summed E-state index contributed by atoms with van der Waals surface area (Å²) in [6.45, 7) is 7.99.